The number of fused-ring (bicyclic) bond motifs is 1. The van der Waals surface area contributed by atoms with Crippen molar-refractivity contribution in [3.05, 3.63) is 32.7 Å². The SMILES string of the molecule is C/C=C/c1nc2c(c(=O)n(C)c(=O)n2C)n1C. The summed E-state index contributed by atoms with van der Waals surface area (Å²) >= 11 is 0. The molecule has 0 radical (unpaired) electrons. The lowest BCUT2D eigenvalue weighted by Gasteiger charge is -2.02. The Labute approximate surface area is 97.4 Å². The molecule has 0 aliphatic carbocycles. The molecule has 0 aromatic carbocycles. The Morgan fingerprint density at radius 1 is 1.06 bits per heavy atom. The van der Waals surface area contributed by atoms with Crippen molar-refractivity contribution in [1.29, 1.82) is 0 Å². The Balaban J connectivity index is 3.08. The first-order chi connectivity index (χ1) is 7.99. The molecule has 0 saturated carbocycles. The Morgan fingerprint density at radius 3 is 2.29 bits per heavy atom. The fraction of sp³-hybridized carbons (Fsp3) is 0.364. The summed E-state index contributed by atoms with van der Waals surface area (Å²) in [5.74, 6) is 0.654. The van der Waals surface area contributed by atoms with Crippen LogP contribution in [0.4, 0.5) is 0 Å². The molecule has 0 spiro atoms. The van der Waals surface area contributed by atoms with Gasteiger partial charge in [-0.1, -0.05) is 6.08 Å². The predicted octanol–water partition coefficient (Wildman–Crippen LogP) is 0.00380. The standard InChI is InChI=1S/C11H14N4O2/c1-5-6-7-12-9-8(13(7)2)10(16)15(4)11(17)14(9)3/h5-6H,1-4H3/b6-5+. The third-order valence-corrected chi connectivity index (χ3v) is 2.83. The van der Waals surface area contributed by atoms with Gasteiger partial charge >= 0.3 is 5.69 Å². The quantitative estimate of drug-likeness (QED) is 0.698. The molecular weight excluding hydrogens is 220 g/mol. The highest BCUT2D eigenvalue weighted by atomic mass is 16.2. The maximum absolute atomic E-state index is 12.0. The smallest absolute Gasteiger partial charge is 0.322 e. The van der Waals surface area contributed by atoms with Crippen molar-refractivity contribution in [2.75, 3.05) is 0 Å². The van der Waals surface area contributed by atoms with Crippen LogP contribution in [0.3, 0.4) is 0 Å². The highest BCUT2D eigenvalue weighted by Gasteiger charge is 2.15. The Bertz CT molecular complexity index is 730. The molecule has 90 valence electrons. The van der Waals surface area contributed by atoms with E-state index >= 15 is 0 Å². The zero-order chi connectivity index (χ0) is 12.7. The van der Waals surface area contributed by atoms with Crippen LogP contribution < -0.4 is 11.2 Å². The van der Waals surface area contributed by atoms with Crippen LogP contribution in [0.15, 0.2) is 15.7 Å². The molecule has 2 rings (SSSR count). The van der Waals surface area contributed by atoms with Crippen LogP contribution in [-0.2, 0) is 21.1 Å². The van der Waals surface area contributed by atoms with Crippen molar-refractivity contribution < 1.29 is 0 Å². The minimum atomic E-state index is -0.368. The van der Waals surface area contributed by atoms with E-state index in [1.54, 1.807) is 24.7 Å². The zero-order valence-corrected chi connectivity index (χ0v) is 10.3. The molecule has 17 heavy (non-hydrogen) atoms. The molecule has 0 unspecified atom stereocenters. The van der Waals surface area contributed by atoms with Crippen LogP contribution in [0, 0.1) is 0 Å². The number of aryl methyl sites for hydroxylation is 2. The molecule has 2 heterocycles. The molecule has 0 saturated heterocycles. The van der Waals surface area contributed by atoms with Gasteiger partial charge < -0.3 is 4.57 Å². The highest BCUT2D eigenvalue weighted by Crippen LogP contribution is 2.09. The first kappa shape index (κ1) is 11.4. The first-order valence-corrected chi connectivity index (χ1v) is 5.24. The van der Waals surface area contributed by atoms with Crippen molar-refractivity contribution in [2.45, 2.75) is 6.92 Å². The predicted molar refractivity (Wildman–Crippen MR) is 65.9 cm³/mol. The van der Waals surface area contributed by atoms with E-state index in [4.69, 9.17) is 0 Å². The van der Waals surface area contributed by atoms with Gasteiger partial charge in [0.05, 0.1) is 0 Å². The normalized spacial score (nSPS) is 11.8. The van der Waals surface area contributed by atoms with E-state index < -0.39 is 0 Å². The van der Waals surface area contributed by atoms with E-state index in [0.717, 1.165) is 4.57 Å². The van der Waals surface area contributed by atoms with E-state index in [-0.39, 0.29) is 11.2 Å². The summed E-state index contributed by atoms with van der Waals surface area (Å²) in [6.45, 7) is 1.87. The fourth-order valence-corrected chi connectivity index (χ4v) is 1.83. The number of rotatable bonds is 1. The van der Waals surface area contributed by atoms with Crippen molar-refractivity contribution in [3.63, 3.8) is 0 Å². The molecule has 2 aromatic rings. The molecule has 6 heteroatoms. The van der Waals surface area contributed by atoms with Gasteiger partial charge in [0.25, 0.3) is 5.56 Å². The molecule has 6 nitrogen and oxygen atoms in total. The van der Waals surface area contributed by atoms with Crippen LogP contribution in [0.5, 0.6) is 0 Å². The maximum Gasteiger partial charge on any atom is 0.332 e. The fourth-order valence-electron chi connectivity index (χ4n) is 1.83. The molecule has 0 N–H and O–H groups in total. The van der Waals surface area contributed by atoms with Gasteiger partial charge in [0.15, 0.2) is 11.2 Å². The molecule has 0 amide bonds. The van der Waals surface area contributed by atoms with Crippen molar-refractivity contribution in [2.24, 2.45) is 21.1 Å². The van der Waals surface area contributed by atoms with Crippen LogP contribution in [0.2, 0.25) is 0 Å². The Kier molecular flexibility index (Phi) is 2.49. The van der Waals surface area contributed by atoms with E-state index in [9.17, 15) is 9.59 Å². The van der Waals surface area contributed by atoms with Crippen LogP contribution in [0.1, 0.15) is 12.7 Å². The molecule has 0 aliphatic heterocycles. The second kappa shape index (κ2) is 3.73. The van der Waals surface area contributed by atoms with Gasteiger partial charge in [0, 0.05) is 21.1 Å². The summed E-state index contributed by atoms with van der Waals surface area (Å²) in [7, 11) is 4.83. The average molecular weight is 234 g/mol. The van der Waals surface area contributed by atoms with E-state index in [1.165, 1.54) is 11.6 Å². The number of hydrogen-bond acceptors (Lipinski definition) is 3. The minimum Gasteiger partial charge on any atom is -0.322 e. The second-order valence-electron chi connectivity index (χ2n) is 3.91. The number of nitrogens with zero attached hydrogens (tertiary/aromatic N) is 4. The average Bonchev–Trinajstić information content (AvgIpc) is 2.62. The summed E-state index contributed by atoms with van der Waals surface area (Å²) in [5.41, 5.74) is 0.151. The molecule has 0 fully saturated rings. The number of hydrogen-bond donors (Lipinski definition) is 0. The van der Waals surface area contributed by atoms with Gasteiger partial charge in [-0.25, -0.2) is 9.78 Å². The summed E-state index contributed by atoms with van der Waals surface area (Å²) < 4.78 is 4.16. The first-order valence-electron chi connectivity index (χ1n) is 5.24. The van der Waals surface area contributed by atoms with Gasteiger partial charge in [-0.05, 0) is 13.0 Å². The lowest BCUT2D eigenvalue weighted by molar-refractivity contribution is 0.705. The van der Waals surface area contributed by atoms with Crippen LogP contribution >= 0.6 is 0 Å². The van der Waals surface area contributed by atoms with E-state index in [1.807, 2.05) is 13.0 Å². The van der Waals surface area contributed by atoms with Gasteiger partial charge in [-0.2, -0.15) is 0 Å². The van der Waals surface area contributed by atoms with Crippen LogP contribution in [-0.4, -0.2) is 18.7 Å². The van der Waals surface area contributed by atoms with Gasteiger partial charge in [0.2, 0.25) is 0 Å². The van der Waals surface area contributed by atoms with Gasteiger partial charge in [-0.3, -0.25) is 13.9 Å². The van der Waals surface area contributed by atoms with Gasteiger partial charge in [0.1, 0.15) is 5.82 Å². The molecule has 0 bridgehead atoms. The van der Waals surface area contributed by atoms with Gasteiger partial charge in [-0.15, -0.1) is 0 Å². The lowest BCUT2D eigenvalue weighted by Crippen LogP contribution is -2.37. The number of imidazole rings is 1. The maximum atomic E-state index is 12.0. The zero-order valence-electron chi connectivity index (χ0n) is 10.3. The number of allylic oxidation sites excluding steroid dienone is 1. The summed E-state index contributed by atoms with van der Waals surface area (Å²) in [6.07, 6.45) is 3.63. The third-order valence-electron chi connectivity index (χ3n) is 2.83. The monoisotopic (exact) mass is 234 g/mol. The molecule has 0 atom stereocenters. The summed E-state index contributed by atoms with van der Waals surface area (Å²) in [4.78, 5) is 28.0. The summed E-state index contributed by atoms with van der Waals surface area (Å²) in [5, 5.41) is 0. The van der Waals surface area contributed by atoms with E-state index in [0.29, 0.717) is 17.0 Å². The van der Waals surface area contributed by atoms with Crippen molar-refractivity contribution in [1.82, 2.24) is 18.7 Å². The van der Waals surface area contributed by atoms with Crippen molar-refractivity contribution >= 4 is 17.2 Å². The second-order valence-corrected chi connectivity index (χ2v) is 3.91. The molecule has 2 aromatic heterocycles. The Hall–Kier alpha value is -2.11. The van der Waals surface area contributed by atoms with E-state index in [2.05, 4.69) is 4.98 Å². The number of aromatic nitrogens is 4. The molecule has 0 aliphatic rings. The minimum absolute atomic E-state index is 0.325. The Morgan fingerprint density at radius 2 is 1.71 bits per heavy atom. The summed E-state index contributed by atoms with van der Waals surface area (Å²) in [6, 6.07) is 0. The van der Waals surface area contributed by atoms with Crippen molar-refractivity contribution in [3.8, 4) is 0 Å². The van der Waals surface area contributed by atoms with Crippen LogP contribution in [0.25, 0.3) is 17.2 Å². The molecular formula is C11H14N4O2. The third kappa shape index (κ3) is 1.44. The largest absolute Gasteiger partial charge is 0.332 e. The lowest BCUT2D eigenvalue weighted by atomic mass is 10.5. The topological polar surface area (TPSA) is 61.8 Å². The highest BCUT2D eigenvalue weighted by molar-refractivity contribution is 5.73.